The topological polar surface area (TPSA) is 40.6 Å². The van der Waals surface area contributed by atoms with Crippen LogP contribution in [0.3, 0.4) is 0 Å². The van der Waals surface area contributed by atoms with Crippen molar-refractivity contribution in [1.82, 2.24) is 9.80 Å². The fourth-order valence-electron chi connectivity index (χ4n) is 5.25. The number of carbonyl (C=O) groups excluding carboxylic acids is 2. The maximum atomic E-state index is 13.6. The zero-order chi connectivity index (χ0) is 22.9. The molecule has 4 nitrogen and oxygen atoms in total. The second-order valence-electron chi connectivity index (χ2n) is 8.68. The van der Waals surface area contributed by atoms with E-state index in [9.17, 15) is 9.59 Å². The van der Waals surface area contributed by atoms with E-state index < -0.39 is 0 Å². The monoisotopic (exact) mass is 430 g/mol. The van der Waals surface area contributed by atoms with Gasteiger partial charge in [0, 0.05) is 25.2 Å². The van der Waals surface area contributed by atoms with Gasteiger partial charge >= 0.3 is 0 Å². The number of amides is 2. The average molecular weight is 431 g/mol. The van der Waals surface area contributed by atoms with Crippen LogP contribution < -0.4 is 0 Å². The summed E-state index contributed by atoms with van der Waals surface area (Å²) in [4.78, 5) is 30.5. The quantitative estimate of drug-likeness (QED) is 0.429. The first-order valence-electron chi connectivity index (χ1n) is 11.0. The Hall–Kier alpha value is -4.18. The number of rotatable bonds is 2. The van der Waals surface area contributed by atoms with Gasteiger partial charge in [0.15, 0.2) is 0 Å². The lowest BCUT2D eigenvalue weighted by molar-refractivity contribution is -0.123. The van der Waals surface area contributed by atoms with E-state index >= 15 is 0 Å². The van der Waals surface area contributed by atoms with Crippen LogP contribution in [-0.4, -0.2) is 35.7 Å². The van der Waals surface area contributed by atoms with Gasteiger partial charge in [-0.15, -0.1) is 0 Å². The fourth-order valence-corrected chi connectivity index (χ4v) is 5.25. The molecule has 0 radical (unpaired) electrons. The highest BCUT2D eigenvalue weighted by molar-refractivity contribution is 6.31. The Morgan fingerprint density at radius 1 is 0.545 bits per heavy atom. The van der Waals surface area contributed by atoms with Crippen LogP contribution in [0, 0.1) is 6.92 Å². The Bertz CT molecular complexity index is 1590. The summed E-state index contributed by atoms with van der Waals surface area (Å²) in [6, 6.07) is 26.3. The summed E-state index contributed by atoms with van der Waals surface area (Å²) in [7, 11) is 3.52. The molecule has 2 amide bonds. The molecule has 2 aliphatic heterocycles. The van der Waals surface area contributed by atoms with Crippen LogP contribution in [0.1, 0.15) is 16.7 Å². The van der Waals surface area contributed by atoms with Crippen LogP contribution in [0.5, 0.6) is 0 Å². The van der Waals surface area contributed by atoms with Crippen molar-refractivity contribution in [1.29, 1.82) is 0 Å². The van der Waals surface area contributed by atoms with Gasteiger partial charge in [0.05, 0.1) is 22.5 Å². The summed E-state index contributed by atoms with van der Waals surface area (Å²) >= 11 is 0. The van der Waals surface area contributed by atoms with Crippen LogP contribution >= 0.6 is 0 Å². The van der Waals surface area contributed by atoms with E-state index in [0.717, 1.165) is 38.2 Å². The standard InChI is InChI=1S/C29H22N2O2/c1-17-15-16-23(21-13-7-6-11-19(17)21)27-25-24(28(32)31(27)3)26(30(2)29(25)33)22-14-8-10-18-9-4-5-12-20(18)22/h4-16H,1-3H3. The molecule has 4 aromatic rings. The van der Waals surface area contributed by atoms with Gasteiger partial charge in [-0.2, -0.15) is 0 Å². The minimum atomic E-state index is -0.148. The summed E-state index contributed by atoms with van der Waals surface area (Å²) in [5.74, 6) is -0.296. The molecule has 0 N–H and O–H groups in total. The van der Waals surface area contributed by atoms with Gasteiger partial charge in [0.25, 0.3) is 11.8 Å². The largest absolute Gasteiger partial charge is 0.310 e. The summed E-state index contributed by atoms with van der Waals surface area (Å²) in [6.07, 6.45) is 0. The molecular weight excluding hydrogens is 408 g/mol. The molecule has 0 unspecified atom stereocenters. The Morgan fingerprint density at radius 2 is 1.06 bits per heavy atom. The van der Waals surface area contributed by atoms with E-state index in [-0.39, 0.29) is 11.8 Å². The van der Waals surface area contributed by atoms with Crippen LogP contribution in [0.15, 0.2) is 90.0 Å². The van der Waals surface area contributed by atoms with E-state index in [1.807, 2.05) is 60.7 Å². The number of fused-ring (bicyclic) bond motifs is 3. The van der Waals surface area contributed by atoms with Gasteiger partial charge in [-0.1, -0.05) is 78.9 Å². The van der Waals surface area contributed by atoms with Crippen molar-refractivity contribution < 1.29 is 9.59 Å². The number of likely N-dealkylation sites (N-methyl/N-ethyl adjacent to an activating group) is 2. The summed E-state index contributed by atoms with van der Waals surface area (Å²) in [6.45, 7) is 2.08. The van der Waals surface area contributed by atoms with Crippen LogP contribution in [0.2, 0.25) is 0 Å². The third-order valence-electron chi connectivity index (χ3n) is 6.87. The molecule has 4 heteroatoms. The van der Waals surface area contributed by atoms with Crippen molar-refractivity contribution in [3.8, 4) is 0 Å². The van der Waals surface area contributed by atoms with Crippen LogP contribution in [-0.2, 0) is 9.59 Å². The molecule has 2 aliphatic rings. The molecule has 0 aromatic heterocycles. The second kappa shape index (κ2) is 6.91. The maximum Gasteiger partial charge on any atom is 0.261 e. The molecule has 4 aromatic carbocycles. The number of aryl methyl sites for hydroxylation is 1. The predicted octanol–water partition coefficient (Wildman–Crippen LogP) is 5.37. The average Bonchev–Trinajstić information content (AvgIpc) is 3.24. The molecule has 0 atom stereocenters. The lowest BCUT2D eigenvalue weighted by atomic mass is 9.95. The predicted molar refractivity (Wildman–Crippen MR) is 132 cm³/mol. The van der Waals surface area contributed by atoms with E-state index in [0.29, 0.717) is 22.5 Å². The Kier molecular flexibility index (Phi) is 4.08. The molecule has 2 heterocycles. The molecule has 6 rings (SSSR count). The van der Waals surface area contributed by atoms with Crippen molar-refractivity contribution in [2.24, 2.45) is 0 Å². The first-order valence-corrected chi connectivity index (χ1v) is 11.0. The van der Waals surface area contributed by atoms with Crippen molar-refractivity contribution in [2.75, 3.05) is 14.1 Å². The lowest BCUT2D eigenvalue weighted by Crippen LogP contribution is -2.25. The highest BCUT2D eigenvalue weighted by atomic mass is 16.2. The van der Waals surface area contributed by atoms with E-state index in [1.54, 1.807) is 23.9 Å². The second-order valence-corrected chi connectivity index (χ2v) is 8.68. The Labute approximate surface area is 192 Å². The minimum Gasteiger partial charge on any atom is -0.310 e. The first kappa shape index (κ1) is 19.5. The normalized spacial score (nSPS) is 16.1. The summed E-state index contributed by atoms with van der Waals surface area (Å²) in [5, 5.41) is 4.25. The molecule has 0 fully saturated rings. The highest BCUT2D eigenvalue weighted by Gasteiger charge is 2.47. The van der Waals surface area contributed by atoms with Gasteiger partial charge in [0.2, 0.25) is 0 Å². The van der Waals surface area contributed by atoms with Crippen molar-refractivity contribution in [2.45, 2.75) is 6.92 Å². The third kappa shape index (κ3) is 2.58. The van der Waals surface area contributed by atoms with E-state index in [1.165, 1.54) is 0 Å². The number of benzene rings is 4. The van der Waals surface area contributed by atoms with Crippen molar-refractivity contribution >= 4 is 44.8 Å². The molecule has 0 saturated carbocycles. The maximum absolute atomic E-state index is 13.6. The SMILES string of the molecule is Cc1ccc(C2=C3C(=O)N(C)C(c4cccc5ccccc45)=C3C(=O)N2C)c2ccccc12. The molecule has 33 heavy (non-hydrogen) atoms. The first-order chi connectivity index (χ1) is 16.0. The van der Waals surface area contributed by atoms with E-state index in [4.69, 9.17) is 0 Å². The van der Waals surface area contributed by atoms with Gasteiger partial charge in [0.1, 0.15) is 0 Å². The van der Waals surface area contributed by atoms with Crippen molar-refractivity contribution in [3.05, 3.63) is 107 Å². The summed E-state index contributed by atoms with van der Waals surface area (Å²) < 4.78 is 0. The highest BCUT2D eigenvalue weighted by Crippen LogP contribution is 2.47. The van der Waals surface area contributed by atoms with E-state index in [2.05, 4.69) is 25.1 Å². The summed E-state index contributed by atoms with van der Waals surface area (Å²) in [5.41, 5.74) is 5.29. The lowest BCUT2D eigenvalue weighted by Gasteiger charge is -2.21. The molecule has 160 valence electrons. The molecule has 0 spiro atoms. The Balaban J connectivity index is 1.69. The number of nitrogens with zero attached hydrogens (tertiary/aromatic N) is 2. The minimum absolute atomic E-state index is 0.148. The van der Waals surface area contributed by atoms with Crippen molar-refractivity contribution in [3.63, 3.8) is 0 Å². The third-order valence-corrected chi connectivity index (χ3v) is 6.87. The smallest absolute Gasteiger partial charge is 0.261 e. The number of carbonyl (C=O) groups is 2. The molecule has 0 aliphatic carbocycles. The Morgan fingerprint density at radius 3 is 1.73 bits per heavy atom. The van der Waals surface area contributed by atoms with Gasteiger partial charge in [-0.25, -0.2) is 0 Å². The molecule has 0 saturated heterocycles. The fraction of sp³-hybridized carbons (Fsp3) is 0.103. The molecule has 0 bridgehead atoms. The van der Waals surface area contributed by atoms with Gasteiger partial charge in [-0.05, 0) is 34.0 Å². The van der Waals surface area contributed by atoms with Gasteiger partial charge in [-0.3, -0.25) is 9.59 Å². The number of hydrogen-bond donors (Lipinski definition) is 0. The number of hydrogen-bond acceptors (Lipinski definition) is 2. The zero-order valence-corrected chi connectivity index (χ0v) is 18.7. The van der Waals surface area contributed by atoms with Gasteiger partial charge < -0.3 is 9.80 Å². The van der Waals surface area contributed by atoms with Crippen LogP contribution in [0.4, 0.5) is 0 Å². The molecular formula is C29H22N2O2. The van der Waals surface area contributed by atoms with Crippen LogP contribution in [0.25, 0.3) is 32.9 Å². The zero-order valence-electron chi connectivity index (χ0n) is 18.7.